The van der Waals surface area contributed by atoms with Crippen molar-refractivity contribution < 1.29 is 18.3 Å². The summed E-state index contributed by atoms with van der Waals surface area (Å²) in [5.41, 5.74) is 1.29. The lowest BCUT2D eigenvalue weighted by molar-refractivity contribution is -0.206. The maximum absolute atomic E-state index is 12.6. The molecule has 0 amide bonds. The predicted octanol–water partition coefficient (Wildman–Crippen LogP) is 4.88. The zero-order valence-electron chi connectivity index (χ0n) is 12.9. The Balaban J connectivity index is 3.44. The smallest absolute Gasteiger partial charge is 0.379 e. The Kier molecular flexibility index (Phi) is 4.31. The van der Waals surface area contributed by atoms with Gasteiger partial charge in [-0.1, -0.05) is 59.7 Å². The molecule has 0 aliphatic rings. The number of alkyl halides is 3. The van der Waals surface area contributed by atoms with Crippen LogP contribution in [0.3, 0.4) is 0 Å². The van der Waals surface area contributed by atoms with Crippen molar-refractivity contribution in [1.82, 2.24) is 0 Å². The van der Waals surface area contributed by atoms with Gasteiger partial charge in [0, 0.05) is 0 Å². The summed E-state index contributed by atoms with van der Waals surface area (Å²) >= 11 is 0. The third kappa shape index (κ3) is 3.75. The van der Waals surface area contributed by atoms with Gasteiger partial charge in [-0.05, 0) is 27.5 Å². The molecule has 1 unspecified atom stereocenters. The molecule has 114 valence electrons. The summed E-state index contributed by atoms with van der Waals surface area (Å²) in [6, 6.07) is 4.55. The van der Waals surface area contributed by atoms with E-state index in [4.69, 9.17) is 0 Å². The van der Waals surface area contributed by atoms with E-state index in [1.165, 1.54) is 12.1 Å². The molecule has 0 spiro atoms. The Morgan fingerprint density at radius 3 is 1.65 bits per heavy atom. The van der Waals surface area contributed by atoms with Crippen molar-refractivity contribution in [3.8, 4) is 0 Å². The van der Waals surface area contributed by atoms with Gasteiger partial charge in [-0.3, -0.25) is 0 Å². The topological polar surface area (TPSA) is 20.2 Å². The van der Waals surface area contributed by atoms with E-state index in [0.29, 0.717) is 0 Å². The lowest BCUT2D eigenvalue weighted by Gasteiger charge is -2.31. The first kappa shape index (κ1) is 17.0. The number of rotatable bonds is 1. The molecule has 0 aliphatic heterocycles. The van der Waals surface area contributed by atoms with Crippen molar-refractivity contribution in [2.75, 3.05) is 0 Å². The van der Waals surface area contributed by atoms with Gasteiger partial charge in [-0.25, -0.2) is 0 Å². The van der Waals surface area contributed by atoms with Crippen molar-refractivity contribution >= 4 is 0 Å². The van der Waals surface area contributed by atoms with Gasteiger partial charge in [0.25, 0.3) is 0 Å². The SMILES string of the molecule is CC(C)(C)c1ccc(C(O)C(F)(F)F)cc1C(C)(C)C. The minimum Gasteiger partial charge on any atom is -0.379 e. The van der Waals surface area contributed by atoms with Crippen LogP contribution < -0.4 is 0 Å². The number of aliphatic hydroxyl groups excluding tert-OH is 1. The molecular weight excluding hydrogens is 265 g/mol. The molecule has 1 aromatic rings. The Morgan fingerprint density at radius 1 is 0.850 bits per heavy atom. The van der Waals surface area contributed by atoms with Crippen LogP contribution in [0, 0.1) is 0 Å². The first-order valence-electron chi connectivity index (χ1n) is 6.64. The van der Waals surface area contributed by atoms with Gasteiger partial charge in [0.15, 0.2) is 6.10 Å². The third-order valence-electron chi connectivity index (χ3n) is 3.29. The number of halogens is 3. The van der Waals surface area contributed by atoms with Crippen molar-refractivity contribution in [3.63, 3.8) is 0 Å². The summed E-state index contributed by atoms with van der Waals surface area (Å²) in [4.78, 5) is 0. The molecule has 1 nitrogen and oxygen atoms in total. The van der Waals surface area contributed by atoms with Crippen molar-refractivity contribution in [3.05, 3.63) is 34.9 Å². The first-order valence-corrected chi connectivity index (χ1v) is 6.64. The third-order valence-corrected chi connectivity index (χ3v) is 3.29. The summed E-state index contributed by atoms with van der Waals surface area (Å²) in [7, 11) is 0. The number of aliphatic hydroxyl groups is 1. The molecular formula is C16H23F3O. The van der Waals surface area contributed by atoms with Gasteiger partial charge in [-0.15, -0.1) is 0 Å². The zero-order chi connectivity index (χ0) is 15.9. The van der Waals surface area contributed by atoms with Gasteiger partial charge < -0.3 is 5.11 Å². The van der Waals surface area contributed by atoms with Crippen LogP contribution in [0.4, 0.5) is 13.2 Å². The molecule has 0 aromatic heterocycles. The predicted molar refractivity (Wildman–Crippen MR) is 74.9 cm³/mol. The Hall–Kier alpha value is -1.03. The van der Waals surface area contributed by atoms with Crippen LogP contribution in [0.2, 0.25) is 0 Å². The van der Waals surface area contributed by atoms with Crippen LogP contribution >= 0.6 is 0 Å². The second kappa shape index (κ2) is 5.06. The Bertz CT molecular complexity index is 476. The van der Waals surface area contributed by atoms with E-state index in [1.807, 2.05) is 41.5 Å². The summed E-state index contributed by atoms with van der Waals surface area (Å²) in [6.45, 7) is 12.0. The van der Waals surface area contributed by atoms with Gasteiger partial charge in [0.05, 0.1) is 0 Å². The fourth-order valence-corrected chi connectivity index (χ4v) is 2.20. The maximum Gasteiger partial charge on any atom is 0.418 e. The molecule has 1 atom stereocenters. The lowest BCUT2D eigenvalue weighted by atomic mass is 9.74. The second-order valence-corrected chi connectivity index (χ2v) is 7.25. The molecule has 0 fully saturated rings. The average Bonchev–Trinajstić information content (AvgIpc) is 2.23. The highest BCUT2D eigenvalue weighted by molar-refractivity contribution is 5.41. The van der Waals surface area contributed by atoms with E-state index in [9.17, 15) is 18.3 Å². The van der Waals surface area contributed by atoms with Crippen LogP contribution in [0.5, 0.6) is 0 Å². The number of benzene rings is 1. The molecule has 1 rings (SSSR count). The molecule has 1 aromatic carbocycles. The summed E-state index contributed by atoms with van der Waals surface area (Å²) in [5.74, 6) is 0. The van der Waals surface area contributed by atoms with Crippen LogP contribution in [0.1, 0.15) is 64.3 Å². The summed E-state index contributed by atoms with van der Waals surface area (Å²) in [5, 5.41) is 9.42. The van der Waals surface area contributed by atoms with Crippen LogP contribution in [-0.2, 0) is 10.8 Å². The van der Waals surface area contributed by atoms with Gasteiger partial charge in [0.2, 0.25) is 0 Å². The molecule has 1 N–H and O–H groups in total. The Labute approximate surface area is 118 Å². The molecule has 0 radical (unpaired) electrons. The zero-order valence-corrected chi connectivity index (χ0v) is 12.9. The highest BCUT2D eigenvalue weighted by Crippen LogP contribution is 2.38. The molecule has 0 saturated carbocycles. The Morgan fingerprint density at radius 2 is 1.30 bits per heavy atom. The standard InChI is InChI=1S/C16H23F3O/c1-14(2,3)11-8-7-10(13(20)16(17,18)19)9-12(11)15(4,5)6/h7-9,13,20H,1-6H3. The number of hydrogen-bond donors (Lipinski definition) is 1. The summed E-state index contributed by atoms with van der Waals surface area (Å²) in [6.07, 6.45) is -7.07. The second-order valence-electron chi connectivity index (χ2n) is 7.25. The highest BCUT2D eigenvalue weighted by atomic mass is 19.4. The normalized spacial score (nSPS) is 15.3. The highest BCUT2D eigenvalue weighted by Gasteiger charge is 2.40. The van der Waals surface area contributed by atoms with E-state index >= 15 is 0 Å². The average molecular weight is 288 g/mol. The largest absolute Gasteiger partial charge is 0.418 e. The van der Waals surface area contributed by atoms with E-state index < -0.39 is 12.3 Å². The van der Waals surface area contributed by atoms with Crippen molar-refractivity contribution in [2.45, 2.75) is 64.7 Å². The van der Waals surface area contributed by atoms with Gasteiger partial charge in [0.1, 0.15) is 0 Å². The van der Waals surface area contributed by atoms with Crippen molar-refractivity contribution in [1.29, 1.82) is 0 Å². The fourth-order valence-electron chi connectivity index (χ4n) is 2.20. The van der Waals surface area contributed by atoms with Gasteiger partial charge in [-0.2, -0.15) is 13.2 Å². The molecule has 20 heavy (non-hydrogen) atoms. The van der Waals surface area contributed by atoms with Crippen LogP contribution in [0.25, 0.3) is 0 Å². The lowest BCUT2D eigenvalue weighted by Crippen LogP contribution is -2.25. The van der Waals surface area contributed by atoms with Gasteiger partial charge >= 0.3 is 6.18 Å². The van der Waals surface area contributed by atoms with E-state index in [0.717, 1.165) is 11.1 Å². The minimum atomic E-state index is -4.64. The quantitative estimate of drug-likeness (QED) is 0.781. The minimum absolute atomic E-state index is 0.101. The monoisotopic (exact) mass is 288 g/mol. The molecule has 0 heterocycles. The molecule has 0 bridgehead atoms. The van der Waals surface area contributed by atoms with E-state index in [-0.39, 0.29) is 16.4 Å². The number of hydrogen-bond acceptors (Lipinski definition) is 1. The molecule has 4 heteroatoms. The van der Waals surface area contributed by atoms with E-state index in [2.05, 4.69) is 0 Å². The molecule has 0 saturated heterocycles. The van der Waals surface area contributed by atoms with Crippen LogP contribution in [0.15, 0.2) is 18.2 Å². The summed E-state index contributed by atoms with van der Waals surface area (Å²) < 4.78 is 37.9. The van der Waals surface area contributed by atoms with Crippen molar-refractivity contribution in [2.24, 2.45) is 0 Å². The fraction of sp³-hybridized carbons (Fsp3) is 0.625. The maximum atomic E-state index is 12.6. The van der Waals surface area contributed by atoms with E-state index in [1.54, 1.807) is 6.07 Å². The van der Waals surface area contributed by atoms with Crippen LogP contribution in [-0.4, -0.2) is 11.3 Å². The molecule has 0 aliphatic carbocycles. The first-order chi connectivity index (χ1) is 8.74.